The highest BCUT2D eigenvalue weighted by atomic mass is 19.4. The Morgan fingerprint density at radius 3 is 2.07 bits per heavy atom. The Kier molecular flexibility index (Phi) is 5.03. The summed E-state index contributed by atoms with van der Waals surface area (Å²) in [7, 11) is 0. The largest absolute Gasteiger partial charge is 0.459 e. The van der Waals surface area contributed by atoms with E-state index in [4.69, 9.17) is 4.74 Å². The van der Waals surface area contributed by atoms with Crippen molar-refractivity contribution in [3.63, 3.8) is 0 Å². The second-order valence-corrected chi connectivity index (χ2v) is 6.81. The zero-order valence-corrected chi connectivity index (χ0v) is 15.6. The number of carbonyl (C=O) groups excluding carboxylic acids is 1. The SMILES string of the molecule is O=C(Cn1c2ccccc2c(=O)c2ccccc21)OCc1cccc(C(F)(F)F)c1. The molecule has 30 heavy (non-hydrogen) atoms. The summed E-state index contributed by atoms with van der Waals surface area (Å²) in [5.41, 5.74) is 0.477. The van der Waals surface area contributed by atoms with Gasteiger partial charge in [0.25, 0.3) is 0 Å². The Morgan fingerprint density at radius 1 is 0.867 bits per heavy atom. The number of alkyl halides is 3. The fraction of sp³-hybridized carbons (Fsp3) is 0.130. The van der Waals surface area contributed by atoms with E-state index < -0.39 is 17.7 Å². The maximum Gasteiger partial charge on any atom is 0.416 e. The number of para-hydroxylation sites is 2. The summed E-state index contributed by atoms with van der Waals surface area (Å²) in [5, 5.41) is 0.948. The van der Waals surface area contributed by atoms with Crippen molar-refractivity contribution in [2.45, 2.75) is 19.3 Å². The van der Waals surface area contributed by atoms with Gasteiger partial charge in [-0.3, -0.25) is 9.59 Å². The third kappa shape index (κ3) is 3.78. The van der Waals surface area contributed by atoms with Gasteiger partial charge >= 0.3 is 12.1 Å². The number of pyridine rings is 1. The Hall–Kier alpha value is -3.61. The number of nitrogens with zero attached hydrogens (tertiary/aromatic N) is 1. The van der Waals surface area contributed by atoms with Crippen LogP contribution in [0.15, 0.2) is 77.6 Å². The van der Waals surface area contributed by atoms with E-state index in [0.717, 1.165) is 12.1 Å². The lowest BCUT2D eigenvalue weighted by atomic mass is 10.1. The van der Waals surface area contributed by atoms with E-state index in [1.165, 1.54) is 12.1 Å². The zero-order chi connectivity index (χ0) is 21.3. The molecule has 7 heteroatoms. The molecule has 0 aliphatic heterocycles. The van der Waals surface area contributed by atoms with Crippen LogP contribution in [0.2, 0.25) is 0 Å². The number of esters is 1. The number of carbonyl (C=O) groups is 1. The number of ether oxygens (including phenoxy) is 1. The van der Waals surface area contributed by atoms with E-state index in [1.54, 1.807) is 53.1 Å². The Balaban J connectivity index is 1.62. The number of benzene rings is 3. The smallest absolute Gasteiger partial charge is 0.416 e. The van der Waals surface area contributed by atoms with Crippen LogP contribution in [-0.4, -0.2) is 10.5 Å². The van der Waals surface area contributed by atoms with Gasteiger partial charge in [-0.1, -0.05) is 36.4 Å². The van der Waals surface area contributed by atoms with Crippen LogP contribution in [0.5, 0.6) is 0 Å². The van der Waals surface area contributed by atoms with Crippen LogP contribution >= 0.6 is 0 Å². The van der Waals surface area contributed by atoms with Gasteiger partial charge in [0.15, 0.2) is 5.43 Å². The minimum atomic E-state index is -4.46. The monoisotopic (exact) mass is 411 g/mol. The number of halogens is 3. The van der Waals surface area contributed by atoms with E-state index in [9.17, 15) is 22.8 Å². The van der Waals surface area contributed by atoms with Crippen LogP contribution in [0.25, 0.3) is 21.8 Å². The highest BCUT2D eigenvalue weighted by molar-refractivity contribution is 5.94. The van der Waals surface area contributed by atoms with E-state index >= 15 is 0 Å². The fourth-order valence-electron chi connectivity index (χ4n) is 3.42. The van der Waals surface area contributed by atoms with Gasteiger partial charge in [-0.05, 0) is 42.0 Å². The van der Waals surface area contributed by atoms with Gasteiger partial charge in [0, 0.05) is 10.8 Å². The van der Waals surface area contributed by atoms with E-state index in [1.807, 2.05) is 0 Å². The molecule has 0 aliphatic rings. The van der Waals surface area contributed by atoms with Crippen molar-refractivity contribution in [3.8, 4) is 0 Å². The molecular weight excluding hydrogens is 395 g/mol. The van der Waals surface area contributed by atoms with Crippen molar-refractivity contribution in [1.29, 1.82) is 0 Å². The molecule has 1 heterocycles. The first-order valence-electron chi connectivity index (χ1n) is 9.16. The van der Waals surface area contributed by atoms with Crippen molar-refractivity contribution in [2.24, 2.45) is 0 Å². The molecule has 0 saturated carbocycles. The molecule has 4 nitrogen and oxygen atoms in total. The van der Waals surface area contributed by atoms with E-state index in [-0.39, 0.29) is 24.1 Å². The van der Waals surface area contributed by atoms with Crippen LogP contribution in [0.4, 0.5) is 13.2 Å². The summed E-state index contributed by atoms with van der Waals surface area (Å²) >= 11 is 0. The van der Waals surface area contributed by atoms with Crippen molar-refractivity contribution in [1.82, 2.24) is 4.57 Å². The second-order valence-electron chi connectivity index (χ2n) is 6.81. The molecule has 0 aliphatic carbocycles. The lowest BCUT2D eigenvalue weighted by molar-refractivity contribution is -0.145. The van der Waals surface area contributed by atoms with Crippen LogP contribution in [0.1, 0.15) is 11.1 Å². The summed E-state index contributed by atoms with van der Waals surface area (Å²) in [6, 6.07) is 18.5. The molecule has 0 bridgehead atoms. The maximum atomic E-state index is 12.8. The maximum absolute atomic E-state index is 12.8. The van der Waals surface area contributed by atoms with Crippen molar-refractivity contribution >= 4 is 27.8 Å². The standard InChI is InChI=1S/C23H16F3NO3/c24-23(25,26)16-7-5-6-15(12-16)14-30-21(28)13-27-19-10-3-1-8-17(19)22(29)18-9-2-4-11-20(18)27/h1-12H,13-14H2. The number of fused-ring (bicyclic) bond motifs is 2. The van der Waals surface area contributed by atoms with Gasteiger partial charge in [0.05, 0.1) is 16.6 Å². The van der Waals surface area contributed by atoms with Gasteiger partial charge in [0.2, 0.25) is 0 Å². The molecule has 3 aromatic carbocycles. The topological polar surface area (TPSA) is 48.3 Å². The Morgan fingerprint density at radius 2 is 1.47 bits per heavy atom. The van der Waals surface area contributed by atoms with Gasteiger partial charge in [0.1, 0.15) is 13.2 Å². The summed E-state index contributed by atoms with van der Waals surface area (Å²) in [4.78, 5) is 25.2. The van der Waals surface area contributed by atoms with Crippen LogP contribution in [0, 0.1) is 0 Å². The molecule has 152 valence electrons. The van der Waals surface area contributed by atoms with Gasteiger partial charge in [-0.2, -0.15) is 13.2 Å². The zero-order valence-electron chi connectivity index (χ0n) is 15.6. The van der Waals surface area contributed by atoms with Crippen LogP contribution in [-0.2, 0) is 28.9 Å². The minimum Gasteiger partial charge on any atom is -0.459 e. The summed E-state index contributed by atoms with van der Waals surface area (Å²) in [6.45, 7) is -0.459. The molecule has 0 spiro atoms. The average Bonchev–Trinajstić information content (AvgIpc) is 2.75. The van der Waals surface area contributed by atoms with Crippen molar-refractivity contribution in [2.75, 3.05) is 0 Å². The third-order valence-electron chi connectivity index (χ3n) is 4.82. The minimum absolute atomic E-state index is 0.130. The van der Waals surface area contributed by atoms with Crippen LogP contribution < -0.4 is 5.43 Å². The van der Waals surface area contributed by atoms with E-state index in [2.05, 4.69) is 0 Å². The normalized spacial score (nSPS) is 11.7. The molecule has 4 rings (SSSR count). The number of hydrogen-bond donors (Lipinski definition) is 0. The van der Waals surface area contributed by atoms with Gasteiger partial charge in [-0.15, -0.1) is 0 Å². The molecule has 0 N–H and O–H groups in total. The first-order chi connectivity index (χ1) is 14.3. The predicted octanol–water partition coefficient (Wildman–Crippen LogP) is 4.92. The van der Waals surface area contributed by atoms with Crippen LogP contribution in [0.3, 0.4) is 0 Å². The number of rotatable bonds is 4. The molecule has 0 fully saturated rings. The lowest BCUT2D eigenvalue weighted by Crippen LogP contribution is -2.18. The average molecular weight is 411 g/mol. The summed E-state index contributed by atoms with van der Waals surface area (Å²) < 4.78 is 45.4. The van der Waals surface area contributed by atoms with Gasteiger partial charge in [-0.25, -0.2) is 0 Å². The molecule has 0 amide bonds. The van der Waals surface area contributed by atoms with Crippen molar-refractivity contribution < 1.29 is 22.7 Å². The highest BCUT2D eigenvalue weighted by Crippen LogP contribution is 2.29. The first kappa shape index (κ1) is 19.7. The third-order valence-corrected chi connectivity index (χ3v) is 4.82. The van der Waals surface area contributed by atoms with Gasteiger partial charge < -0.3 is 9.30 Å². The predicted molar refractivity (Wildman–Crippen MR) is 107 cm³/mol. The Bertz CT molecular complexity index is 1250. The molecule has 1 aromatic heterocycles. The van der Waals surface area contributed by atoms with E-state index in [0.29, 0.717) is 21.8 Å². The fourth-order valence-corrected chi connectivity index (χ4v) is 3.42. The molecule has 4 aromatic rings. The van der Waals surface area contributed by atoms with Crippen molar-refractivity contribution in [3.05, 3.63) is 94.1 Å². The first-order valence-corrected chi connectivity index (χ1v) is 9.16. The Labute approximate surface area is 169 Å². The number of hydrogen-bond acceptors (Lipinski definition) is 3. The second kappa shape index (κ2) is 7.67. The lowest BCUT2D eigenvalue weighted by Gasteiger charge is -2.15. The highest BCUT2D eigenvalue weighted by Gasteiger charge is 2.30. The summed E-state index contributed by atoms with van der Waals surface area (Å²) in [6.07, 6.45) is -4.46. The molecule has 0 atom stereocenters. The molecule has 0 radical (unpaired) electrons. The summed E-state index contributed by atoms with van der Waals surface area (Å²) in [5.74, 6) is -0.619. The molecule has 0 saturated heterocycles. The molecule has 0 unspecified atom stereocenters. The molecular formula is C23H16F3NO3. The number of aromatic nitrogens is 1. The quantitative estimate of drug-likeness (QED) is 0.354.